The molecule has 0 aliphatic heterocycles. The van der Waals surface area contributed by atoms with Crippen LogP contribution >= 0.6 is 15.9 Å². The number of aromatic hydroxyl groups is 1. The normalized spacial score (nSPS) is 10.5. The summed E-state index contributed by atoms with van der Waals surface area (Å²) >= 11 is 3.37. The summed E-state index contributed by atoms with van der Waals surface area (Å²) in [5, 5.41) is 13.8. The maximum atomic E-state index is 12.3. The first kappa shape index (κ1) is 13.6. The van der Waals surface area contributed by atoms with Gasteiger partial charge in [-0.15, -0.1) is 0 Å². The van der Waals surface area contributed by atoms with E-state index in [1.54, 1.807) is 30.5 Å². The molecule has 0 bridgehead atoms. The number of para-hydroxylation sites is 1. The molecule has 0 atom stereocenters. The van der Waals surface area contributed by atoms with Gasteiger partial charge in [0.15, 0.2) is 5.75 Å². The van der Waals surface area contributed by atoms with Crippen LogP contribution in [0.25, 0.3) is 10.9 Å². The summed E-state index contributed by atoms with van der Waals surface area (Å²) in [6, 6.07) is 14.2. The number of nitrogens with zero attached hydrogens (tertiary/aromatic N) is 1. The van der Waals surface area contributed by atoms with Crippen molar-refractivity contribution in [2.75, 3.05) is 5.32 Å². The molecule has 0 fully saturated rings. The van der Waals surface area contributed by atoms with Gasteiger partial charge in [-0.1, -0.05) is 24.3 Å². The van der Waals surface area contributed by atoms with Crippen LogP contribution in [-0.4, -0.2) is 16.0 Å². The number of rotatable bonds is 2. The molecular weight excluding hydrogens is 332 g/mol. The third-order valence-electron chi connectivity index (χ3n) is 3.11. The monoisotopic (exact) mass is 342 g/mol. The van der Waals surface area contributed by atoms with Gasteiger partial charge in [0.1, 0.15) is 5.52 Å². The predicted octanol–water partition coefficient (Wildman–Crippen LogP) is 3.96. The van der Waals surface area contributed by atoms with Gasteiger partial charge in [0.25, 0.3) is 5.91 Å². The van der Waals surface area contributed by atoms with Crippen molar-refractivity contribution < 1.29 is 9.90 Å². The molecule has 0 unspecified atom stereocenters. The van der Waals surface area contributed by atoms with E-state index < -0.39 is 0 Å². The zero-order valence-corrected chi connectivity index (χ0v) is 12.5. The van der Waals surface area contributed by atoms with E-state index in [1.807, 2.05) is 24.3 Å². The van der Waals surface area contributed by atoms with Crippen molar-refractivity contribution in [3.63, 3.8) is 0 Å². The number of benzene rings is 2. The Hall–Kier alpha value is -2.40. The molecule has 3 rings (SSSR count). The molecule has 0 aliphatic rings. The van der Waals surface area contributed by atoms with Gasteiger partial charge in [-0.25, -0.2) is 0 Å². The molecule has 2 aromatic carbocycles. The molecule has 21 heavy (non-hydrogen) atoms. The van der Waals surface area contributed by atoms with Gasteiger partial charge in [0.05, 0.1) is 11.3 Å². The smallest absolute Gasteiger partial charge is 0.259 e. The topological polar surface area (TPSA) is 62.2 Å². The Balaban J connectivity index is 1.99. The van der Waals surface area contributed by atoms with E-state index in [0.29, 0.717) is 11.2 Å². The van der Waals surface area contributed by atoms with Crippen LogP contribution in [-0.2, 0) is 0 Å². The van der Waals surface area contributed by atoms with Crippen molar-refractivity contribution in [1.82, 2.24) is 4.98 Å². The standard InChI is InChI=1S/C16H11BrN2O2/c17-12-5-1-2-6-13(12)19-16(21)11-8-7-10-4-3-9-18-14(10)15(11)20/h1-9,20H,(H,19,21). The molecule has 1 amide bonds. The fourth-order valence-electron chi connectivity index (χ4n) is 2.07. The lowest BCUT2D eigenvalue weighted by Crippen LogP contribution is -2.12. The molecule has 0 radical (unpaired) electrons. The minimum Gasteiger partial charge on any atom is -0.505 e. The number of halogens is 1. The lowest BCUT2D eigenvalue weighted by molar-refractivity contribution is 0.102. The summed E-state index contributed by atoms with van der Waals surface area (Å²) in [7, 11) is 0. The Morgan fingerprint density at radius 2 is 1.90 bits per heavy atom. The molecule has 1 heterocycles. The van der Waals surface area contributed by atoms with E-state index >= 15 is 0 Å². The van der Waals surface area contributed by atoms with Crippen molar-refractivity contribution >= 4 is 38.4 Å². The Labute approximate surface area is 129 Å². The van der Waals surface area contributed by atoms with Crippen LogP contribution in [0.1, 0.15) is 10.4 Å². The number of anilines is 1. The van der Waals surface area contributed by atoms with E-state index in [9.17, 15) is 9.90 Å². The van der Waals surface area contributed by atoms with Gasteiger partial charge < -0.3 is 10.4 Å². The third kappa shape index (κ3) is 2.60. The lowest BCUT2D eigenvalue weighted by atomic mass is 10.1. The van der Waals surface area contributed by atoms with Gasteiger partial charge in [0, 0.05) is 16.1 Å². The van der Waals surface area contributed by atoms with Gasteiger partial charge in [0.2, 0.25) is 0 Å². The summed E-state index contributed by atoms with van der Waals surface area (Å²) in [5.41, 5.74) is 1.25. The molecule has 1 aromatic heterocycles. The van der Waals surface area contributed by atoms with Crippen molar-refractivity contribution in [3.8, 4) is 5.75 Å². The summed E-state index contributed by atoms with van der Waals surface area (Å²) in [4.78, 5) is 16.4. The number of nitrogens with one attached hydrogen (secondary N) is 1. The molecule has 2 N–H and O–H groups in total. The van der Waals surface area contributed by atoms with Crippen LogP contribution < -0.4 is 5.32 Å². The molecule has 0 saturated heterocycles. The summed E-state index contributed by atoms with van der Waals surface area (Å²) in [6.07, 6.45) is 1.58. The Bertz CT molecular complexity index is 833. The van der Waals surface area contributed by atoms with Gasteiger partial charge in [-0.3, -0.25) is 9.78 Å². The van der Waals surface area contributed by atoms with Crippen LogP contribution in [0.3, 0.4) is 0 Å². The van der Waals surface area contributed by atoms with E-state index in [2.05, 4.69) is 26.2 Å². The van der Waals surface area contributed by atoms with Gasteiger partial charge in [-0.2, -0.15) is 0 Å². The molecule has 0 saturated carbocycles. The largest absolute Gasteiger partial charge is 0.505 e. The maximum absolute atomic E-state index is 12.3. The number of amides is 1. The van der Waals surface area contributed by atoms with Crippen LogP contribution in [0.4, 0.5) is 5.69 Å². The highest BCUT2D eigenvalue weighted by molar-refractivity contribution is 9.10. The summed E-state index contributed by atoms with van der Waals surface area (Å²) in [6.45, 7) is 0. The first-order valence-electron chi connectivity index (χ1n) is 6.29. The summed E-state index contributed by atoms with van der Waals surface area (Å²) < 4.78 is 0.775. The second kappa shape index (κ2) is 5.54. The van der Waals surface area contributed by atoms with Crippen molar-refractivity contribution in [2.45, 2.75) is 0 Å². The van der Waals surface area contributed by atoms with E-state index in [-0.39, 0.29) is 17.2 Å². The zero-order valence-electron chi connectivity index (χ0n) is 10.9. The minimum atomic E-state index is -0.382. The molecule has 104 valence electrons. The third-order valence-corrected chi connectivity index (χ3v) is 3.81. The van der Waals surface area contributed by atoms with E-state index in [1.165, 1.54) is 0 Å². The first-order valence-corrected chi connectivity index (χ1v) is 7.08. The van der Waals surface area contributed by atoms with Gasteiger partial charge in [-0.05, 0) is 40.2 Å². The lowest BCUT2D eigenvalue weighted by Gasteiger charge is -2.09. The first-order chi connectivity index (χ1) is 10.2. The molecule has 4 nitrogen and oxygen atoms in total. The highest BCUT2D eigenvalue weighted by atomic mass is 79.9. The number of hydrogen-bond donors (Lipinski definition) is 2. The second-order valence-electron chi connectivity index (χ2n) is 4.47. The molecule has 0 spiro atoms. The molecule has 5 heteroatoms. The number of carbonyl (C=O) groups excluding carboxylic acids is 1. The number of carbonyl (C=O) groups is 1. The number of phenolic OH excluding ortho intramolecular Hbond substituents is 1. The zero-order chi connectivity index (χ0) is 14.8. The van der Waals surface area contributed by atoms with E-state index in [0.717, 1.165) is 9.86 Å². The van der Waals surface area contributed by atoms with Crippen LogP contribution in [0.2, 0.25) is 0 Å². The number of fused-ring (bicyclic) bond motifs is 1. The number of hydrogen-bond acceptors (Lipinski definition) is 3. The highest BCUT2D eigenvalue weighted by Crippen LogP contribution is 2.28. The van der Waals surface area contributed by atoms with E-state index in [4.69, 9.17) is 0 Å². The fourth-order valence-corrected chi connectivity index (χ4v) is 2.45. The highest BCUT2D eigenvalue weighted by Gasteiger charge is 2.15. The minimum absolute atomic E-state index is 0.113. The number of phenols is 1. The van der Waals surface area contributed by atoms with Gasteiger partial charge >= 0.3 is 0 Å². The number of aromatic nitrogens is 1. The average Bonchev–Trinajstić information content (AvgIpc) is 2.50. The predicted molar refractivity (Wildman–Crippen MR) is 85.5 cm³/mol. The van der Waals surface area contributed by atoms with Crippen molar-refractivity contribution in [1.29, 1.82) is 0 Å². The van der Waals surface area contributed by atoms with Crippen LogP contribution in [0.15, 0.2) is 59.2 Å². The van der Waals surface area contributed by atoms with Crippen LogP contribution in [0.5, 0.6) is 5.75 Å². The Morgan fingerprint density at radius 3 is 2.71 bits per heavy atom. The van der Waals surface area contributed by atoms with Crippen molar-refractivity contribution in [3.05, 3.63) is 64.8 Å². The summed E-state index contributed by atoms with van der Waals surface area (Å²) in [5.74, 6) is -0.496. The van der Waals surface area contributed by atoms with Crippen LogP contribution in [0, 0.1) is 0 Å². The second-order valence-corrected chi connectivity index (χ2v) is 5.33. The Kier molecular flexibility index (Phi) is 3.58. The maximum Gasteiger partial charge on any atom is 0.259 e. The molecule has 0 aliphatic carbocycles. The number of pyridine rings is 1. The van der Waals surface area contributed by atoms with Crippen molar-refractivity contribution in [2.24, 2.45) is 0 Å². The Morgan fingerprint density at radius 1 is 1.10 bits per heavy atom. The average molecular weight is 343 g/mol. The fraction of sp³-hybridized carbons (Fsp3) is 0. The molecule has 3 aromatic rings. The SMILES string of the molecule is O=C(Nc1ccccc1Br)c1ccc2cccnc2c1O. The molecular formula is C16H11BrN2O2. The quantitative estimate of drug-likeness (QED) is 0.741.